The van der Waals surface area contributed by atoms with Gasteiger partial charge < -0.3 is 9.64 Å². The van der Waals surface area contributed by atoms with Crippen LogP contribution in [0.3, 0.4) is 0 Å². The van der Waals surface area contributed by atoms with Crippen LogP contribution in [-0.2, 0) is 13.1 Å². The second kappa shape index (κ2) is 7.72. The van der Waals surface area contributed by atoms with E-state index in [1.807, 2.05) is 57.6 Å². The molecule has 0 unspecified atom stereocenters. The van der Waals surface area contributed by atoms with Gasteiger partial charge in [0.2, 0.25) is 5.88 Å². The standard InChI is InChI=1S/C21H22N6O/c1-14(2)28-20-7-17-16(10-23-20)11-24-21(17)18-8-19(26-13-25-18)27(3)12-15-5-4-6-22-9-15/h4-10,13-14H,11-12H2,1-3H3. The summed E-state index contributed by atoms with van der Waals surface area (Å²) in [7, 11) is 2.00. The quantitative estimate of drug-likeness (QED) is 0.660. The molecule has 0 N–H and O–H groups in total. The van der Waals surface area contributed by atoms with Crippen molar-refractivity contribution in [3.8, 4) is 5.88 Å². The molecule has 7 heteroatoms. The normalized spacial score (nSPS) is 12.6. The lowest BCUT2D eigenvalue weighted by Gasteiger charge is -2.18. The molecular weight excluding hydrogens is 352 g/mol. The molecule has 28 heavy (non-hydrogen) atoms. The van der Waals surface area contributed by atoms with Crippen LogP contribution in [-0.4, -0.2) is 38.8 Å². The molecule has 3 aromatic heterocycles. The number of fused-ring (bicyclic) bond motifs is 1. The van der Waals surface area contributed by atoms with E-state index in [2.05, 4.69) is 29.8 Å². The van der Waals surface area contributed by atoms with Crippen molar-refractivity contribution in [1.29, 1.82) is 0 Å². The lowest BCUT2D eigenvalue weighted by molar-refractivity contribution is 0.232. The van der Waals surface area contributed by atoms with E-state index >= 15 is 0 Å². The molecule has 7 nitrogen and oxygen atoms in total. The van der Waals surface area contributed by atoms with Crippen molar-refractivity contribution < 1.29 is 4.74 Å². The molecule has 0 aromatic carbocycles. The Balaban J connectivity index is 1.59. The predicted molar refractivity (Wildman–Crippen MR) is 108 cm³/mol. The van der Waals surface area contributed by atoms with Crippen LogP contribution in [0.1, 0.15) is 36.2 Å². The molecule has 0 fully saturated rings. The molecule has 142 valence electrons. The fourth-order valence-corrected chi connectivity index (χ4v) is 3.12. The first kappa shape index (κ1) is 18.0. The van der Waals surface area contributed by atoms with Crippen molar-refractivity contribution in [3.63, 3.8) is 0 Å². The maximum absolute atomic E-state index is 5.74. The monoisotopic (exact) mass is 374 g/mol. The Morgan fingerprint density at radius 2 is 2.04 bits per heavy atom. The zero-order valence-electron chi connectivity index (χ0n) is 16.2. The minimum absolute atomic E-state index is 0.0686. The van der Waals surface area contributed by atoms with Gasteiger partial charge in [-0.15, -0.1) is 0 Å². The average Bonchev–Trinajstić information content (AvgIpc) is 3.11. The number of hydrogen-bond acceptors (Lipinski definition) is 7. The third-order valence-corrected chi connectivity index (χ3v) is 4.41. The molecule has 3 aromatic rings. The van der Waals surface area contributed by atoms with Gasteiger partial charge in [0.25, 0.3) is 0 Å². The molecule has 4 rings (SSSR count). The average molecular weight is 374 g/mol. The van der Waals surface area contributed by atoms with Gasteiger partial charge in [-0.05, 0) is 25.5 Å². The summed E-state index contributed by atoms with van der Waals surface area (Å²) in [5.74, 6) is 1.43. The second-order valence-electron chi connectivity index (χ2n) is 6.99. The van der Waals surface area contributed by atoms with Crippen molar-refractivity contribution >= 4 is 11.5 Å². The highest BCUT2D eigenvalue weighted by molar-refractivity contribution is 6.14. The molecule has 0 radical (unpaired) electrons. The number of rotatable bonds is 6. The Morgan fingerprint density at radius 1 is 1.14 bits per heavy atom. The predicted octanol–water partition coefficient (Wildman–Crippen LogP) is 3.04. The highest BCUT2D eigenvalue weighted by Gasteiger charge is 2.21. The lowest BCUT2D eigenvalue weighted by atomic mass is 10.1. The Morgan fingerprint density at radius 3 is 2.82 bits per heavy atom. The number of pyridine rings is 2. The van der Waals surface area contributed by atoms with E-state index in [9.17, 15) is 0 Å². The van der Waals surface area contributed by atoms with E-state index in [1.54, 1.807) is 12.5 Å². The van der Waals surface area contributed by atoms with Gasteiger partial charge in [-0.25, -0.2) is 15.0 Å². The molecule has 0 bridgehead atoms. The Kier molecular flexibility index (Phi) is 4.97. The number of aliphatic imine (C=N–C) groups is 1. The number of hydrogen-bond donors (Lipinski definition) is 0. The van der Waals surface area contributed by atoms with E-state index in [-0.39, 0.29) is 6.10 Å². The minimum atomic E-state index is 0.0686. The van der Waals surface area contributed by atoms with Gasteiger partial charge in [-0.3, -0.25) is 9.98 Å². The highest BCUT2D eigenvalue weighted by Crippen LogP contribution is 2.26. The van der Waals surface area contributed by atoms with Crippen molar-refractivity contribution in [2.45, 2.75) is 33.0 Å². The highest BCUT2D eigenvalue weighted by atomic mass is 16.5. The zero-order valence-corrected chi connectivity index (χ0v) is 16.2. The van der Waals surface area contributed by atoms with E-state index in [1.165, 1.54) is 0 Å². The van der Waals surface area contributed by atoms with Crippen molar-refractivity contribution in [3.05, 3.63) is 71.6 Å². The fraction of sp³-hybridized carbons (Fsp3) is 0.286. The van der Waals surface area contributed by atoms with Crippen LogP contribution in [0.4, 0.5) is 5.82 Å². The van der Waals surface area contributed by atoms with Crippen molar-refractivity contribution in [2.75, 3.05) is 11.9 Å². The summed E-state index contributed by atoms with van der Waals surface area (Å²) in [6.45, 7) is 5.28. The molecule has 0 amide bonds. The first-order valence-corrected chi connectivity index (χ1v) is 9.23. The summed E-state index contributed by atoms with van der Waals surface area (Å²) in [5.41, 5.74) is 4.86. The summed E-state index contributed by atoms with van der Waals surface area (Å²) in [6.07, 6.45) is 7.12. The summed E-state index contributed by atoms with van der Waals surface area (Å²) in [6, 6.07) is 7.89. The maximum atomic E-state index is 5.74. The molecule has 4 heterocycles. The Hall–Kier alpha value is -3.35. The second-order valence-corrected chi connectivity index (χ2v) is 6.99. The molecule has 1 aliphatic rings. The molecule has 0 saturated carbocycles. The topological polar surface area (TPSA) is 76.4 Å². The van der Waals surface area contributed by atoms with Crippen LogP contribution in [0, 0.1) is 0 Å². The van der Waals surface area contributed by atoms with E-state index < -0.39 is 0 Å². The fourth-order valence-electron chi connectivity index (χ4n) is 3.12. The van der Waals surface area contributed by atoms with Crippen LogP contribution in [0.15, 0.2) is 54.2 Å². The molecule has 0 atom stereocenters. The van der Waals surface area contributed by atoms with Crippen LogP contribution in [0.5, 0.6) is 5.88 Å². The largest absolute Gasteiger partial charge is 0.475 e. The third kappa shape index (κ3) is 3.83. The first-order chi connectivity index (χ1) is 13.6. The molecule has 1 aliphatic heterocycles. The zero-order chi connectivity index (χ0) is 19.5. The van der Waals surface area contributed by atoms with Gasteiger partial charge in [0.15, 0.2) is 0 Å². The summed E-state index contributed by atoms with van der Waals surface area (Å²) in [5, 5.41) is 0. The Bertz CT molecular complexity index is 1000. The Labute approximate surface area is 164 Å². The summed E-state index contributed by atoms with van der Waals surface area (Å²) < 4.78 is 5.74. The van der Waals surface area contributed by atoms with Gasteiger partial charge in [0.1, 0.15) is 12.1 Å². The minimum Gasteiger partial charge on any atom is -0.475 e. The maximum Gasteiger partial charge on any atom is 0.214 e. The molecule has 0 saturated heterocycles. The summed E-state index contributed by atoms with van der Waals surface area (Å²) in [4.78, 5) is 24.2. The molecule has 0 aliphatic carbocycles. The number of nitrogens with zero attached hydrogens (tertiary/aromatic N) is 6. The number of anilines is 1. The molecular formula is C21H22N6O. The van der Waals surface area contributed by atoms with Crippen molar-refractivity contribution in [1.82, 2.24) is 19.9 Å². The van der Waals surface area contributed by atoms with Crippen LogP contribution >= 0.6 is 0 Å². The smallest absolute Gasteiger partial charge is 0.214 e. The van der Waals surface area contributed by atoms with E-state index in [0.717, 1.165) is 33.9 Å². The molecule has 0 spiro atoms. The van der Waals surface area contributed by atoms with Gasteiger partial charge >= 0.3 is 0 Å². The van der Waals surface area contributed by atoms with Crippen LogP contribution in [0.25, 0.3) is 0 Å². The van der Waals surface area contributed by atoms with Gasteiger partial charge in [0, 0.05) is 55.4 Å². The lowest BCUT2D eigenvalue weighted by Crippen LogP contribution is -2.19. The van der Waals surface area contributed by atoms with Gasteiger partial charge in [-0.2, -0.15) is 0 Å². The summed E-state index contributed by atoms with van der Waals surface area (Å²) >= 11 is 0. The van der Waals surface area contributed by atoms with Gasteiger partial charge in [-0.1, -0.05) is 6.07 Å². The van der Waals surface area contributed by atoms with Crippen LogP contribution in [0.2, 0.25) is 0 Å². The number of ether oxygens (including phenoxy) is 1. The van der Waals surface area contributed by atoms with E-state index in [4.69, 9.17) is 4.74 Å². The van der Waals surface area contributed by atoms with Crippen LogP contribution < -0.4 is 9.64 Å². The first-order valence-electron chi connectivity index (χ1n) is 9.23. The van der Waals surface area contributed by atoms with Crippen molar-refractivity contribution in [2.24, 2.45) is 4.99 Å². The SMILES string of the molecule is CC(C)Oc1cc2c(cn1)CN=C2c1cc(N(C)Cc2cccnc2)ncn1. The van der Waals surface area contributed by atoms with E-state index in [0.29, 0.717) is 19.0 Å². The number of aromatic nitrogens is 4. The van der Waals surface area contributed by atoms with Gasteiger partial charge in [0.05, 0.1) is 24.1 Å². The third-order valence-electron chi connectivity index (χ3n) is 4.41.